The number of Topliss-reactive ketones (excluding diaryl/α,β-unsaturated/α-hetero) is 1. The Bertz CT molecular complexity index is 1100. The molecule has 28 heavy (non-hydrogen) atoms. The van der Waals surface area contributed by atoms with Crippen LogP contribution in [-0.4, -0.2) is 16.7 Å². The lowest BCUT2D eigenvalue weighted by Gasteiger charge is -2.10. The van der Waals surface area contributed by atoms with E-state index >= 15 is 0 Å². The van der Waals surface area contributed by atoms with Gasteiger partial charge in [-0.2, -0.15) is 0 Å². The summed E-state index contributed by atoms with van der Waals surface area (Å²) in [6, 6.07) is 14.0. The number of hydrogen-bond acceptors (Lipinski definition) is 5. The van der Waals surface area contributed by atoms with Gasteiger partial charge in [-0.25, -0.2) is 4.79 Å². The number of nitrogens with zero attached hydrogens (tertiary/aromatic N) is 1. The number of carbonyl (C=O) groups is 2. The van der Waals surface area contributed by atoms with Gasteiger partial charge in [-0.05, 0) is 55.8 Å². The zero-order valence-electron chi connectivity index (χ0n) is 15.4. The van der Waals surface area contributed by atoms with Crippen molar-refractivity contribution >= 4 is 17.8 Å². The molecule has 0 fully saturated rings. The molecular formula is C23H17NO4. The molecule has 138 valence electrons. The van der Waals surface area contributed by atoms with Gasteiger partial charge in [-0.15, -0.1) is 0 Å². The Kier molecular flexibility index (Phi) is 4.49. The van der Waals surface area contributed by atoms with Crippen LogP contribution in [-0.2, 0) is 0 Å². The van der Waals surface area contributed by atoms with Crippen molar-refractivity contribution < 1.29 is 19.1 Å². The van der Waals surface area contributed by atoms with Gasteiger partial charge < -0.3 is 9.47 Å². The molecule has 0 N–H and O–H groups in total. The highest BCUT2D eigenvalue weighted by atomic mass is 16.5. The predicted octanol–water partition coefficient (Wildman–Crippen LogP) is 4.53. The van der Waals surface area contributed by atoms with Gasteiger partial charge in [-0.1, -0.05) is 23.8 Å². The van der Waals surface area contributed by atoms with Crippen molar-refractivity contribution in [3.05, 3.63) is 94.5 Å². The summed E-state index contributed by atoms with van der Waals surface area (Å²) < 4.78 is 11.3. The molecule has 0 unspecified atom stereocenters. The molecule has 0 spiro atoms. The SMILES string of the molecule is Cc1ccc(C(=O)Oc2ccc3c(c2C)O/C(=C\c2cccnc2)C3=O)cc1. The van der Waals surface area contributed by atoms with Crippen molar-refractivity contribution in [1.82, 2.24) is 4.98 Å². The maximum Gasteiger partial charge on any atom is 0.343 e. The van der Waals surface area contributed by atoms with E-state index in [0.717, 1.165) is 11.1 Å². The van der Waals surface area contributed by atoms with Gasteiger partial charge in [-0.3, -0.25) is 9.78 Å². The molecule has 5 heteroatoms. The van der Waals surface area contributed by atoms with E-state index in [1.807, 2.05) is 25.1 Å². The smallest absolute Gasteiger partial charge is 0.343 e. The molecule has 0 saturated heterocycles. The fourth-order valence-corrected chi connectivity index (χ4v) is 2.94. The van der Waals surface area contributed by atoms with Crippen LogP contribution in [0.25, 0.3) is 6.08 Å². The summed E-state index contributed by atoms with van der Waals surface area (Å²) in [5.41, 5.74) is 3.33. The first-order chi connectivity index (χ1) is 13.5. The minimum atomic E-state index is -0.460. The summed E-state index contributed by atoms with van der Waals surface area (Å²) in [5, 5.41) is 0. The Morgan fingerprint density at radius 1 is 1.07 bits per heavy atom. The average Bonchev–Trinajstić information content (AvgIpc) is 3.02. The van der Waals surface area contributed by atoms with Crippen LogP contribution in [0.5, 0.6) is 11.5 Å². The highest BCUT2D eigenvalue weighted by Crippen LogP contribution is 2.39. The summed E-state index contributed by atoms with van der Waals surface area (Å²) in [7, 11) is 0. The van der Waals surface area contributed by atoms with Crippen molar-refractivity contribution in [2.75, 3.05) is 0 Å². The van der Waals surface area contributed by atoms with Gasteiger partial charge >= 0.3 is 5.97 Å². The largest absolute Gasteiger partial charge is 0.452 e. The number of benzene rings is 2. The molecule has 0 radical (unpaired) electrons. The summed E-state index contributed by atoms with van der Waals surface area (Å²) in [6.07, 6.45) is 4.95. The van der Waals surface area contributed by atoms with Crippen LogP contribution in [0.4, 0.5) is 0 Å². The van der Waals surface area contributed by atoms with Crippen molar-refractivity contribution in [3.8, 4) is 11.5 Å². The molecule has 1 aliphatic rings. The number of hydrogen-bond donors (Lipinski definition) is 0. The lowest BCUT2D eigenvalue weighted by molar-refractivity contribution is 0.0733. The number of aryl methyl sites for hydroxylation is 1. The third kappa shape index (κ3) is 3.30. The van der Waals surface area contributed by atoms with E-state index in [1.54, 1.807) is 55.7 Å². The predicted molar refractivity (Wildman–Crippen MR) is 104 cm³/mol. The first-order valence-corrected chi connectivity index (χ1v) is 8.79. The molecule has 4 rings (SSSR count). The monoisotopic (exact) mass is 371 g/mol. The van der Waals surface area contributed by atoms with Crippen LogP contribution < -0.4 is 9.47 Å². The maximum absolute atomic E-state index is 12.6. The van der Waals surface area contributed by atoms with Gasteiger partial charge in [0.2, 0.25) is 5.78 Å². The number of ether oxygens (including phenoxy) is 2. The fourth-order valence-electron chi connectivity index (χ4n) is 2.94. The van der Waals surface area contributed by atoms with Gasteiger partial charge in [0.15, 0.2) is 5.76 Å². The Balaban J connectivity index is 1.61. The van der Waals surface area contributed by atoms with Crippen LogP contribution >= 0.6 is 0 Å². The normalized spacial score (nSPS) is 13.9. The van der Waals surface area contributed by atoms with E-state index in [0.29, 0.717) is 28.2 Å². The topological polar surface area (TPSA) is 65.5 Å². The average molecular weight is 371 g/mol. The lowest BCUT2D eigenvalue weighted by Crippen LogP contribution is -2.09. The summed E-state index contributed by atoms with van der Waals surface area (Å²) in [6.45, 7) is 3.71. The number of carbonyl (C=O) groups excluding carboxylic acids is 2. The second-order valence-electron chi connectivity index (χ2n) is 6.55. The van der Waals surface area contributed by atoms with Crippen LogP contribution in [0.1, 0.15) is 37.4 Å². The molecule has 3 aromatic rings. The van der Waals surface area contributed by atoms with Crippen LogP contribution in [0.2, 0.25) is 0 Å². The zero-order valence-corrected chi connectivity index (χ0v) is 15.4. The van der Waals surface area contributed by atoms with E-state index in [9.17, 15) is 9.59 Å². The molecule has 2 aromatic carbocycles. The number of esters is 1. The maximum atomic E-state index is 12.6. The number of allylic oxidation sites excluding steroid dienone is 1. The standard InChI is InChI=1S/C23H17NO4/c1-14-5-7-17(8-6-14)23(26)28-19-10-9-18-21(25)20(27-22(18)15(19)2)12-16-4-3-11-24-13-16/h3-13H,1-2H3/b20-12-. The van der Waals surface area contributed by atoms with Crippen molar-refractivity contribution in [1.29, 1.82) is 0 Å². The fraction of sp³-hybridized carbons (Fsp3) is 0.0870. The molecule has 0 amide bonds. The molecule has 0 bridgehead atoms. The van der Waals surface area contributed by atoms with Crippen LogP contribution in [0.15, 0.2) is 66.7 Å². The van der Waals surface area contributed by atoms with Gasteiger partial charge in [0.05, 0.1) is 11.1 Å². The number of fused-ring (bicyclic) bond motifs is 1. The Morgan fingerprint density at radius 3 is 2.57 bits per heavy atom. The van der Waals surface area contributed by atoms with Crippen LogP contribution in [0.3, 0.4) is 0 Å². The third-order valence-corrected chi connectivity index (χ3v) is 4.51. The van der Waals surface area contributed by atoms with E-state index in [-0.39, 0.29) is 11.5 Å². The zero-order chi connectivity index (χ0) is 19.7. The molecule has 0 aliphatic carbocycles. The highest BCUT2D eigenvalue weighted by Gasteiger charge is 2.30. The Morgan fingerprint density at radius 2 is 1.86 bits per heavy atom. The Hall–Kier alpha value is -3.73. The minimum absolute atomic E-state index is 0.210. The molecule has 1 aromatic heterocycles. The second-order valence-corrected chi connectivity index (χ2v) is 6.55. The molecular weight excluding hydrogens is 354 g/mol. The molecule has 2 heterocycles. The third-order valence-electron chi connectivity index (χ3n) is 4.51. The van der Waals surface area contributed by atoms with Crippen LogP contribution in [0, 0.1) is 13.8 Å². The van der Waals surface area contributed by atoms with Gasteiger partial charge in [0, 0.05) is 18.0 Å². The summed E-state index contributed by atoms with van der Waals surface area (Å²) in [5.74, 6) is 0.319. The molecule has 0 atom stereocenters. The number of pyridine rings is 1. The van der Waals surface area contributed by atoms with E-state index in [4.69, 9.17) is 9.47 Å². The first-order valence-electron chi connectivity index (χ1n) is 8.79. The van der Waals surface area contributed by atoms with E-state index in [2.05, 4.69) is 4.98 Å². The van der Waals surface area contributed by atoms with E-state index < -0.39 is 5.97 Å². The summed E-state index contributed by atoms with van der Waals surface area (Å²) in [4.78, 5) is 29.0. The van der Waals surface area contributed by atoms with E-state index in [1.165, 1.54) is 0 Å². The molecule has 0 saturated carbocycles. The number of rotatable bonds is 3. The van der Waals surface area contributed by atoms with Gasteiger partial charge in [0.1, 0.15) is 11.5 Å². The lowest BCUT2D eigenvalue weighted by atomic mass is 10.1. The number of aromatic nitrogens is 1. The number of ketones is 1. The quantitative estimate of drug-likeness (QED) is 0.384. The van der Waals surface area contributed by atoms with Crippen molar-refractivity contribution in [2.45, 2.75) is 13.8 Å². The molecule has 1 aliphatic heterocycles. The molecule has 5 nitrogen and oxygen atoms in total. The minimum Gasteiger partial charge on any atom is -0.452 e. The highest BCUT2D eigenvalue weighted by molar-refractivity contribution is 6.15. The van der Waals surface area contributed by atoms with Crippen molar-refractivity contribution in [3.63, 3.8) is 0 Å². The van der Waals surface area contributed by atoms with Crippen molar-refractivity contribution in [2.24, 2.45) is 0 Å². The Labute approximate surface area is 162 Å². The first kappa shape index (κ1) is 17.7. The second kappa shape index (κ2) is 7.12. The summed E-state index contributed by atoms with van der Waals surface area (Å²) >= 11 is 0. The van der Waals surface area contributed by atoms with Gasteiger partial charge in [0.25, 0.3) is 0 Å².